The van der Waals surface area contributed by atoms with Crippen LogP contribution in [0.15, 0.2) is 152 Å². The third kappa shape index (κ3) is 3.94. The smallest absolute Gasteiger partial charge is 0.240 e. The summed E-state index contributed by atoms with van der Waals surface area (Å²) in [7, 11) is 0. The lowest BCUT2D eigenvalue weighted by molar-refractivity contribution is -0.0399. The van der Waals surface area contributed by atoms with Crippen LogP contribution in [0.25, 0.3) is 88.8 Å². The van der Waals surface area contributed by atoms with Crippen molar-refractivity contribution < 1.29 is 0 Å². The van der Waals surface area contributed by atoms with Gasteiger partial charge < -0.3 is 0 Å². The minimum atomic E-state index is 0.0410. The maximum Gasteiger partial charge on any atom is 0.240 e. The van der Waals surface area contributed by atoms with E-state index in [0.717, 1.165) is 33.9 Å². The van der Waals surface area contributed by atoms with Crippen LogP contribution in [-0.2, 0) is 5.41 Å². The van der Waals surface area contributed by atoms with E-state index in [-0.39, 0.29) is 5.41 Å². The minimum absolute atomic E-state index is 0.0410. The first kappa shape index (κ1) is 31.5. The third-order valence-corrected chi connectivity index (χ3v) is 15.0. The molecular weight excluding hydrogens is 707 g/mol. The average Bonchev–Trinajstić information content (AvgIpc) is 3.90. The summed E-state index contributed by atoms with van der Waals surface area (Å²) in [6.45, 7) is 0. The Morgan fingerprint density at radius 2 is 1.07 bits per heavy atom. The topological polar surface area (TPSA) is 48.5 Å². The summed E-state index contributed by atoms with van der Waals surface area (Å²) >= 11 is 0. The Morgan fingerprint density at radius 1 is 0.448 bits per heavy atom. The van der Waals surface area contributed by atoms with Gasteiger partial charge in [-0.05, 0) is 101 Å². The second kappa shape index (κ2) is 11.3. The van der Waals surface area contributed by atoms with E-state index in [1.807, 2.05) is 0 Å². The number of benzene rings is 7. The Morgan fingerprint density at radius 3 is 1.81 bits per heavy atom. The number of hydrogen-bond acceptors (Lipinski definition) is 3. The SMILES string of the molecule is c1ccc(-c2nc(-n3c4ccccc4c4ccccc43)nc(-n3c4ccc5ccccc5c4c4ccc5c(c43)-c3ccccc3C53C4CC5CC(C4)CC3C5)n2)cc1. The number of aromatic nitrogens is 5. The minimum Gasteiger partial charge on any atom is -0.278 e. The molecule has 276 valence electrons. The van der Waals surface area contributed by atoms with E-state index >= 15 is 0 Å². The van der Waals surface area contributed by atoms with Gasteiger partial charge in [0.15, 0.2) is 5.82 Å². The van der Waals surface area contributed by atoms with Gasteiger partial charge in [0.1, 0.15) is 0 Å². The molecule has 0 atom stereocenters. The van der Waals surface area contributed by atoms with E-state index in [2.05, 4.69) is 161 Å². The molecule has 3 heterocycles. The van der Waals surface area contributed by atoms with Crippen LogP contribution in [-0.4, -0.2) is 24.1 Å². The number of fused-ring (bicyclic) bond motifs is 12. The molecule has 5 nitrogen and oxygen atoms in total. The molecule has 10 aromatic rings. The number of nitrogens with zero attached hydrogens (tertiary/aromatic N) is 5. The molecule has 5 heteroatoms. The lowest BCUT2D eigenvalue weighted by atomic mass is 9.43. The predicted octanol–water partition coefficient (Wildman–Crippen LogP) is 12.6. The molecule has 4 bridgehead atoms. The second-order valence-electron chi connectivity index (χ2n) is 17.6. The Kier molecular flexibility index (Phi) is 6.13. The van der Waals surface area contributed by atoms with Gasteiger partial charge in [0.25, 0.3) is 0 Å². The van der Waals surface area contributed by atoms with Gasteiger partial charge in [0, 0.05) is 38.1 Å². The van der Waals surface area contributed by atoms with Crippen LogP contribution in [0.4, 0.5) is 0 Å². The van der Waals surface area contributed by atoms with Gasteiger partial charge in [-0.2, -0.15) is 15.0 Å². The van der Waals surface area contributed by atoms with Crippen LogP contribution in [0.3, 0.4) is 0 Å². The summed E-state index contributed by atoms with van der Waals surface area (Å²) in [5.74, 6) is 5.01. The lowest BCUT2D eigenvalue weighted by Crippen LogP contribution is -2.55. The van der Waals surface area contributed by atoms with Crippen molar-refractivity contribution in [2.45, 2.75) is 37.5 Å². The third-order valence-electron chi connectivity index (χ3n) is 15.0. The Hall–Kier alpha value is -6.59. The molecule has 0 saturated heterocycles. The van der Waals surface area contributed by atoms with Crippen molar-refractivity contribution in [3.63, 3.8) is 0 Å². The first-order valence-electron chi connectivity index (χ1n) is 21.1. The number of para-hydroxylation sites is 2. The van der Waals surface area contributed by atoms with Gasteiger partial charge in [-0.15, -0.1) is 0 Å². The molecular formula is C53H39N5. The van der Waals surface area contributed by atoms with Crippen molar-refractivity contribution in [3.8, 4) is 34.4 Å². The molecule has 0 unspecified atom stereocenters. The lowest BCUT2D eigenvalue weighted by Gasteiger charge is -2.61. The van der Waals surface area contributed by atoms with Crippen molar-refractivity contribution in [3.05, 3.63) is 163 Å². The van der Waals surface area contributed by atoms with E-state index in [4.69, 9.17) is 15.0 Å². The van der Waals surface area contributed by atoms with Crippen molar-refractivity contribution in [2.75, 3.05) is 0 Å². The zero-order valence-electron chi connectivity index (χ0n) is 32.0. The molecule has 0 N–H and O–H groups in total. The molecule has 1 spiro atoms. The molecule has 58 heavy (non-hydrogen) atoms. The molecule has 0 amide bonds. The van der Waals surface area contributed by atoms with Crippen LogP contribution >= 0.6 is 0 Å². The fraction of sp³-hybridized carbons (Fsp3) is 0.189. The second-order valence-corrected chi connectivity index (χ2v) is 17.6. The van der Waals surface area contributed by atoms with Crippen LogP contribution in [0.2, 0.25) is 0 Å². The highest BCUT2D eigenvalue weighted by atomic mass is 15.3. The fourth-order valence-corrected chi connectivity index (χ4v) is 13.1. The molecule has 5 aliphatic rings. The first-order chi connectivity index (χ1) is 28.7. The van der Waals surface area contributed by atoms with Gasteiger partial charge in [-0.3, -0.25) is 9.13 Å². The molecule has 5 aliphatic carbocycles. The van der Waals surface area contributed by atoms with E-state index < -0.39 is 0 Å². The van der Waals surface area contributed by atoms with E-state index in [1.54, 1.807) is 5.56 Å². The monoisotopic (exact) mass is 745 g/mol. The van der Waals surface area contributed by atoms with Crippen LogP contribution in [0.1, 0.15) is 43.2 Å². The first-order valence-corrected chi connectivity index (χ1v) is 21.1. The zero-order valence-corrected chi connectivity index (χ0v) is 32.0. The Bertz CT molecular complexity index is 3290. The van der Waals surface area contributed by atoms with Crippen molar-refractivity contribution >= 4 is 54.4 Å². The molecule has 7 aromatic carbocycles. The predicted molar refractivity (Wildman–Crippen MR) is 235 cm³/mol. The molecule has 15 rings (SSSR count). The van der Waals surface area contributed by atoms with Gasteiger partial charge in [0.05, 0.1) is 22.1 Å². The van der Waals surface area contributed by atoms with Crippen molar-refractivity contribution in [1.82, 2.24) is 24.1 Å². The fourth-order valence-electron chi connectivity index (χ4n) is 13.1. The highest BCUT2D eigenvalue weighted by Crippen LogP contribution is 2.70. The maximum absolute atomic E-state index is 5.59. The van der Waals surface area contributed by atoms with Gasteiger partial charge in [-0.25, -0.2) is 0 Å². The Balaban J connectivity index is 1.15. The van der Waals surface area contributed by atoms with Crippen LogP contribution in [0, 0.1) is 23.7 Å². The van der Waals surface area contributed by atoms with Gasteiger partial charge in [0.2, 0.25) is 11.9 Å². The van der Waals surface area contributed by atoms with Crippen molar-refractivity contribution in [2.24, 2.45) is 23.7 Å². The summed E-state index contributed by atoms with van der Waals surface area (Å²) in [6.07, 6.45) is 6.84. The normalized spacial score (nSPS) is 22.9. The average molecular weight is 746 g/mol. The summed E-state index contributed by atoms with van der Waals surface area (Å²) < 4.78 is 4.64. The molecule has 3 aromatic heterocycles. The summed E-state index contributed by atoms with van der Waals surface area (Å²) in [5, 5.41) is 7.35. The van der Waals surface area contributed by atoms with E-state index in [0.29, 0.717) is 29.6 Å². The Labute approximate surface area is 335 Å². The molecule has 0 aliphatic heterocycles. The standard InChI is InChI=1S/C53H39N5/c1-2-13-34(14-3-1)50-54-51(57-44-20-10-7-16-38(44)39-17-8-11-21-45(39)57)56-52(55-50)58-46-25-22-33-12-4-5-15-37(33)47(46)41-23-24-43-48(49(41)58)40-18-6-9-19-42(40)53(43)35-27-31-26-32(29-35)30-36(53)28-31/h1-25,31-32,35-36H,26-30H2. The van der Waals surface area contributed by atoms with Crippen molar-refractivity contribution in [1.29, 1.82) is 0 Å². The highest BCUT2D eigenvalue weighted by Gasteiger charge is 2.61. The maximum atomic E-state index is 5.59. The summed E-state index contributed by atoms with van der Waals surface area (Å²) in [5.41, 5.74) is 11.3. The number of hydrogen-bond donors (Lipinski definition) is 0. The van der Waals surface area contributed by atoms with E-state index in [9.17, 15) is 0 Å². The summed E-state index contributed by atoms with van der Waals surface area (Å²) in [6, 6.07) is 55.5. The zero-order chi connectivity index (χ0) is 37.7. The van der Waals surface area contributed by atoms with Gasteiger partial charge >= 0.3 is 0 Å². The molecule has 4 saturated carbocycles. The largest absolute Gasteiger partial charge is 0.278 e. The quantitative estimate of drug-likeness (QED) is 0.181. The van der Waals surface area contributed by atoms with Crippen LogP contribution in [0.5, 0.6) is 0 Å². The van der Waals surface area contributed by atoms with E-state index in [1.165, 1.54) is 86.6 Å². The number of rotatable bonds is 3. The molecule has 0 radical (unpaired) electrons. The van der Waals surface area contributed by atoms with Gasteiger partial charge in [-0.1, -0.05) is 133 Å². The van der Waals surface area contributed by atoms with Crippen LogP contribution < -0.4 is 0 Å². The highest BCUT2D eigenvalue weighted by molar-refractivity contribution is 6.24. The molecule has 4 fully saturated rings. The summed E-state index contributed by atoms with van der Waals surface area (Å²) in [4.78, 5) is 16.4.